The number of aryl methyl sites for hydroxylation is 2. The fourth-order valence-corrected chi connectivity index (χ4v) is 4.78. The van der Waals surface area contributed by atoms with Crippen molar-refractivity contribution in [2.24, 2.45) is 5.92 Å². The highest BCUT2D eigenvalue weighted by Gasteiger charge is 2.29. The Kier molecular flexibility index (Phi) is 6.52. The molecule has 0 aromatic heterocycles. The van der Waals surface area contributed by atoms with Gasteiger partial charge in [-0.25, -0.2) is 8.42 Å². The average Bonchev–Trinajstić information content (AvgIpc) is 2.88. The molecule has 0 radical (unpaired) electrons. The molecular weight excluding hydrogens is 380 g/mol. The number of hydrogen-bond donors (Lipinski definition) is 2. The van der Waals surface area contributed by atoms with Gasteiger partial charge in [-0.1, -0.05) is 11.6 Å². The topological polar surface area (TPSA) is 102 Å². The maximum Gasteiger partial charge on any atom is 0.279 e. The smallest absolute Gasteiger partial charge is 0.279 e. The molecule has 0 saturated carbocycles. The first-order valence-electron chi connectivity index (χ1n) is 8.30. The summed E-state index contributed by atoms with van der Waals surface area (Å²) in [5.74, 6) is -0.501. The van der Waals surface area contributed by atoms with Crippen LogP contribution in [0.15, 0.2) is 12.1 Å². The molecule has 1 fully saturated rings. The fourth-order valence-electron chi connectivity index (χ4n) is 2.81. The van der Waals surface area contributed by atoms with Crippen molar-refractivity contribution >= 4 is 33.3 Å². The molecule has 2 unspecified atom stereocenters. The molecule has 1 aliphatic rings. The predicted molar refractivity (Wildman–Crippen MR) is 98.7 cm³/mol. The quantitative estimate of drug-likeness (QED) is 0.730. The van der Waals surface area contributed by atoms with Crippen molar-refractivity contribution in [1.82, 2.24) is 10.9 Å². The molecule has 0 aliphatic carbocycles. The van der Waals surface area contributed by atoms with E-state index in [2.05, 4.69) is 10.9 Å². The third-order valence-corrected chi connectivity index (χ3v) is 6.65. The van der Waals surface area contributed by atoms with Gasteiger partial charge in [0.05, 0.1) is 11.5 Å². The summed E-state index contributed by atoms with van der Waals surface area (Å²) in [5, 5.41) is 0.649. The SMILES string of the molecule is Cc1cc(OC(C)C(=O)NNC(=O)CC2CCS(=O)(=O)C2)cc(C)c1Cl. The monoisotopic (exact) mass is 402 g/mol. The minimum Gasteiger partial charge on any atom is -0.481 e. The van der Waals surface area contributed by atoms with Crippen LogP contribution in [0, 0.1) is 19.8 Å². The van der Waals surface area contributed by atoms with Crippen molar-refractivity contribution in [1.29, 1.82) is 0 Å². The summed E-state index contributed by atoms with van der Waals surface area (Å²) in [6.45, 7) is 5.25. The summed E-state index contributed by atoms with van der Waals surface area (Å²) < 4.78 is 28.4. The van der Waals surface area contributed by atoms with Crippen LogP contribution in [0.3, 0.4) is 0 Å². The number of amides is 2. The summed E-state index contributed by atoms with van der Waals surface area (Å²) in [5.41, 5.74) is 6.28. The summed E-state index contributed by atoms with van der Waals surface area (Å²) in [7, 11) is -3.03. The van der Waals surface area contributed by atoms with Gasteiger partial charge in [0.25, 0.3) is 5.91 Å². The molecule has 144 valence electrons. The third-order valence-electron chi connectivity index (χ3n) is 4.22. The van der Waals surface area contributed by atoms with Crippen LogP contribution in [0.1, 0.15) is 30.9 Å². The van der Waals surface area contributed by atoms with Gasteiger partial charge in [-0.2, -0.15) is 0 Å². The fraction of sp³-hybridized carbons (Fsp3) is 0.529. The van der Waals surface area contributed by atoms with Crippen LogP contribution >= 0.6 is 11.6 Å². The van der Waals surface area contributed by atoms with Gasteiger partial charge in [-0.05, 0) is 56.4 Å². The average molecular weight is 403 g/mol. The number of ether oxygens (including phenoxy) is 1. The molecule has 1 saturated heterocycles. The molecule has 2 rings (SSSR count). The zero-order valence-corrected chi connectivity index (χ0v) is 16.5. The number of sulfone groups is 1. The zero-order chi connectivity index (χ0) is 19.5. The van der Waals surface area contributed by atoms with Crippen molar-refractivity contribution in [2.75, 3.05) is 11.5 Å². The molecule has 1 aromatic rings. The minimum atomic E-state index is -3.03. The van der Waals surface area contributed by atoms with E-state index in [0.717, 1.165) is 11.1 Å². The van der Waals surface area contributed by atoms with Gasteiger partial charge < -0.3 is 4.74 Å². The van der Waals surface area contributed by atoms with Gasteiger partial charge >= 0.3 is 0 Å². The molecule has 2 amide bonds. The second-order valence-corrected chi connectivity index (χ2v) is 9.25. The molecule has 1 heterocycles. The largest absolute Gasteiger partial charge is 0.481 e. The molecule has 1 aliphatic heterocycles. The predicted octanol–water partition coefficient (Wildman–Crippen LogP) is 1.70. The van der Waals surface area contributed by atoms with Gasteiger partial charge in [0.2, 0.25) is 5.91 Å². The lowest BCUT2D eigenvalue weighted by Gasteiger charge is -2.17. The Morgan fingerprint density at radius 1 is 1.27 bits per heavy atom. The normalized spacial score (nSPS) is 19.6. The summed E-state index contributed by atoms with van der Waals surface area (Å²) >= 11 is 6.10. The standard InChI is InChI=1S/C17H23ClN2O5S/c1-10-6-14(7-11(2)16(10)18)25-12(3)17(22)20-19-15(21)8-13-4-5-26(23,24)9-13/h6-7,12-13H,4-5,8-9H2,1-3H3,(H,19,21)(H,20,22). The molecule has 2 atom stereocenters. The first kappa shape index (κ1) is 20.5. The first-order valence-corrected chi connectivity index (χ1v) is 10.5. The lowest BCUT2D eigenvalue weighted by Crippen LogP contribution is -2.47. The Balaban J connectivity index is 1.81. The maximum atomic E-state index is 12.1. The number of halogens is 1. The van der Waals surface area contributed by atoms with Gasteiger partial charge in [0.1, 0.15) is 5.75 Å². The number of rotatable bonds is 5. The number of carbonyl (C=O) groups is 2. The van der Waals surface area contributed by atoms with E-state index in [-0.39, 0.29) is 23.8 Å². The Morgan fingerprint density at radius 3 is 2.42 bits per heavy atom. The summed E-state index contributed by atoms with van der Waals surface area (Å²) in [6, 6.07) is 3.47. The van der Waals surface area contributed by atoms with Crippen LogP contribution in [0.4, 0.5) is 0 Å². The Morgan fingerprint density at radius 2 is 1.88 bits per heavy atom. The van der Waals surface area contributed by atoms with E-state index in [1.807, 2.05) is 13.8 Å². The highest BCUT2D eigenvalue weighted by Crippen LogP contribution is 2.26. The van der Waals surface area contributed by atoms with Gasteiger partial charge in [0.15, 0.2) is 15.9 Å². The van der Waals surface area contributed by atoms with E-state index >= 15 is 0 Å². The molecule has 7 nitrogen and oxygen atoms in total. The molecular formula is C17H23ClN2O5S. The molecule has 26 heavy (non-hydrogen) atoms. The molecule has 0 bridgehead atoms. The van der Waals surface area contributed by atoms with Gasteiger partial charge in [-0.15, -0.1) is 0 Å². The van der Waals surface area contributed by atoms with Crippen LogP contribution in [0.25, 0.3) is 0 Å². The number of nitrogens with one attached hydrogen (secondary N) is 2. The van der Waals surface area contributed by atoms with Gasteiger partial charge in [0, 0.05) is 11.4 Å². The Hall–Kier alpha value is -1.80. The van der Waals surface area contributed by atoms with E-state index in [4.69, 9.17) is 16.3 Å². The van der Waals surface area contributed by atoms with Crippen molar-refractivity contribution in [2.45, 2.75) is 39.7 Å². The summed E-state index contributed by atoms with van der Waals surface area (Å²) in [6.07, 6.45) is -0.301. The van der Waals surface area contributed by atoms with Crippen molar-refractivity contribution in [3.63, 3.8) is 0 Å². The van der Waals surface area contributed by atoms with Crippen LogP contribution < -0.4 is 15.6 Å². The molecule has 0 spiro atoms. The van der Waals surface area contributed by atoms with E-state index in [1.54, 1.807) is 19.1 Å². The minimum absolute atomic E-state index is 0.0170. The second-order valence-electron chi connectivity index (χ2n) is 6.64. The van der Waals surface area contributed by atoms with E-state index in [1.165, 1.54) is 0 Å². The summed E-state index contributed by atoms with van der Waals surface area (Å²) in [4.78, 5) is 23.9. The third kappa shape index (κ3) is 5.60. The van der Waals surface area contributed by atoms with E-state index in [9.17, 15) is 18.0 Å². The van der Waals surface area contributed by atoms with Crippen LogP contribution in [0.2, 0.25) is 5.02 Å². The lowest BCUT2D eigenvalue weighted by molar-refractivity contribution is -0.133. The number of hydrazine groups is 1. The van der Waals surface area contributed by atoms with Crippen molar-refractivity contribution in [3.05, 3.63) is 28.3 Å². The number of carbonyl (C=O) groups excluding carboxylic acids is 2. The highest BCUT2D eigenvalue weighted by molar-refractivity contribution is 7.91. The van der Waals surface area contributed by atoms with Crippen molar-refractivity contribution in [3.8, 4) is 5.75 Å². The molecule has 2 N–H and O–H groups in total. The lowest BCUT2D eigenvalue weighted by atomic mass is 10.1. The zero-order valence-electron chi connectivity index (χ0n) is 15.0. The Labute approximate surface area is 158 Å². The maximum absolute atomic E-state index is 12.1. The van der Waals surface area contributed by atoms with Gasteiger partial charge in [-0.3, -0.25) is 20.4 Å². The second kappa shape index (κ2) is 8.26. The van der Waals surface area contributed by atoms with Crippen LogP contribution in [-0.2, 0) is 19.4 Å². The van der Waals surface area contributed by atoms with E-state index in [0.29, 0.717) is 17.2 Å². The number of benzene rings is 1. The van der Waals surface area contributed by atoms with Crippen LogP contribution in [-0.4, -0.2) is 37.8 Å². The van der Waals surface area contributed by atoms with Crippen LogP contribution in [0.5, 0.6) is 5.75 Å². The van der Waals surface area contributed by atoms with E-state index < -0.39 is 27.8 Å². The molecule has 9 heteroatoms. The number of hydrogen-bond acceptors (Lipinski definition) is 5. The van der Waals surface area contributed by atoms with Crippen molar-refractivity contribution < 1.29 is 22.7 Å². The Bertz CT molecular complexity index is 786. The highest BCUT2D eigenvalue weighted by atomic mass is 35.5. The molecule has 1 aromatic carbocycles. The first-order chi connectivity index (χ1) is 12.1.